The third-order valence-electron chi connectivity index (χ3n) is 7.04. The lowest BCUT2D eigenvalue weighted by Crippen LogP contribution is -2.37. The highest BCUT2D eigenvalue weighted by atomic mass is 35.5. The minimum Gasteiger partial charge on any atom is -0.354 e. The number of hydrogen-bond donors (Lipinski definition) is 3. The molecule has 0 atom stereocenters. The predicted molar refractivity (Wildman–Crippen MR) is 169 cm³/mol. The molecule has 0 aromatic heterocycles. The first kappa shape index (κ1) is 28.1. The molecule has 0 fully saturated rings. The summed E-state index contributed by atoms with van der Waals surface area (Å²) >= 11 is 6.18. The fourth-order valence-corrected chi connectivity index (χ4v) is 5.10. The van der Waals surface area contributed by atoms with E-state index in [0.29, 0.717) is 41.5 Å². The van der Waals surface area contributed by atoms with Gasteiger partial charge in [0.05, 0.1) is 17.0 Å². The highest BCUT2D eigenvalue weighted by molar-refractivity contribution is 6.38. The molecule has 7 heteroatoms. The van der Waals surface area contributed by atoms with Crippen molar-refractivity contribution < 1.29 is 9.59 Å². The summed E-state index contributed by atoms with van der Waals surface area (Å²) in [6.07, 6.45) is 1.37. The first-order valence-electron chi connectivity index (χ1n) is 13.9. The van der Waals surface area contributed by atoms with Crippen molar-refractivity contribution in [2.24, 2.45) is 0 Å². The molecule has 1 aliphatic heterocycles. The Bertz CT molecular complexity index is 1540. The van der Waals surface area contributed by atoms with Gasteiger partial charge in [-0.05, 0) is 60.5 Å². The van der Waals surface area contributed by atoms with Gasteiger partial charge in [0.15, 0.2) is 0 Å². The molecule has 0 aliphatic carbocycles. The molecule has 3 N–H and O–H groups in total. The van der Waals surface area contributed by atoms with Gasteiger partial charge < -0.3 is 20.9 Å². The van der Waals surface area contributed by atoms with Crippen molar-refractivity contribution in [3.63, 3.8) is 0 Å². The Hall–Kier alpha value is -4.39. The maximum Gasteiger partial charge on any atom is 0.258 e. The average Bonchev–Trinajstić information content (AvgIpc) is 3.33. The van der Waals surface area contributed by atoms with E-state index in [0.717, 1.165) is 35.5 Å². The summed E-state index contributed by atoms with van der Waals surface area (Å²) < 4.78 is 0. The van der Waals surface area contributed by atoms with Crippen LogP contribution in [0.4, 0.5) is 17.1 Å². The molecule has 1 aliphatic rings. The largest absolute Gasteiger partial charge is 0.354 e. The van der Waals surface area contributed by atoms with E-state index >= 15 is 0 Å². The molecule has 4 aromatic carbocycles. The monoisotopic (exact) mass is 564 g/mol. The van der Waals surface area contributed by atoms with E-state index in [4.69, 9.17) is 11.6 Å². The lowest BCUT2D eigenvalue weighted by molar-refractivity contribution is -0.118. The van der Waals surface area contributed by atoms with Crippen LogP contribution in [0.3, 0.4) is 0 Å². The molecule has 0 spiro atoms. The second-order valence-corrected chi connectivity index (χ2v) is 10.3. The van der Waals surface area contributed by atoms with Gasteiger partial charge >= 0.3 is 0 Å². The third-order valence-corrected chi connectivity index (χ3v) is 7.27. The summed E-state index contributed by atoms with van der Waals surface area (Å²) in [5.41, 5.74) is 6.54. The summed E-state index contributed by atoms with van der Waals surface area (Å²) in [4.78, 5) is 27.8. The van der Waals surface area contributed by atoms with Crippen molar-refractivity contribution in [3.05, 3.63) is 125 Å². The molecule has 0 radical (unpaired) electrons. The van der Waals surface area contributed by atoms with E-state index in [1.165, 1.54) is 5.56 Å². The number of nitrogens with one attached hydrogen (secondary N) is 3. The Morgan fingerprint density at radius 2 is 1.59 bits per heavy atom. The second-order valence-electron chi connectivity index (χ2n) is 9.82. The molecular weight excluding hydrogens is 532 g/mol. The molecule has 41 heavy (non-hydrogen) atoms. The van der Waals surface area contributed by atoms with Crippen molar-refractivity contribution in [2.75, 3.05) is 35.2 Å². The zero-order chi connectivity index (χ0) is 28.6. The van der Waals surface area contributed by atoms with Crippen LogP contribution in [0.25, 0.3) is 11.3 Å². The van der Waals surface area contributed by atoms with Gasteiger partial charge in [-0.2, -0.15) is 0 Å². The van der Waals surface area contributed by atoms with E-state index in [-0.39, 0.29) is 11.8 Å². The Balaban J connectivity index is 1.33. The van der Waals surface area contributed by atoms with Crippen molar-refractivity contribution in [3.8, 4) is 0 Å². The molecule has 0 unspecified atom stereocenters. The molecule has 0 saturated carbocycles. The number of fused-ring (bicyclic) bond motifs is 1. The number of halogens is 1. The highest BCUT2D eigenvalue weighted by Gasteiger charge is 2.28. The summed E-state index contributed by atoms with van der Waals surface area (Å²) in [5, 5.41) is 10.4. The number of hydrogen-bond acceptors (Lipinski definition) is 4. The van der Waals surface area contributed by atoms with E-state index < -0.39 is 0 Å². The molecule has 2 amide bonds. The zero-order valence-corrected chi connectivity index (χ0v) is 23.7. The quantitative estimate of drug-likeness (QED) is 0.138. The Morgan fingerprint density at radius 3 is 2.29 bits per heavy atom. The van der Waals surface area contributed by atoms with Crippen LogP contribution in [-0.2, 0) is 16.0 Å². The van der Waals surface area contributed by atoms with Gasteiger partial charge in [-0.3, -0.25) is 9.59 Å². The summed E-state index contributed by atoms with van der Waals surface area (Å²) in [7, 11) is 0. The number of benzene rings is 4. The fraction of sp³-hybridized carbons (Fsp3) is 0.176. The SMILES string of the molecule is CCC(=O)N(CCNCCc1ccccc1)c1ccc(NC(=C2C(=O)Nc3cc(Cl)ccc32)c2ccccc2)cc1. The molecule has 0 saturated heterocycles. The minimum atomic E-state index is -0.190. The van der Waals surface area contributed by atoms with Gasteiger partial charge in [-0.25, -0.2) is 0 Å². The van der Waals surface area contributed by atoms with Crippen LogP contribution < -0.4 is 20.9 Å². The number of amides is 2. The molecular formula is C34H33ClN4O2. The summed E-state index contributed by atoms with van der Waals surface area (Å²) in [5.74, 6) is -0.120. The summed E-state index contributed by atoms with van der Waals surface area (Å²) in [6.45, 7) is 4.00. The van der Waals surface area contributed by atoms with Crippen LogP contribution in [0.5, 0.6) is 0 Å². The number of nitrogens with zero attached hydrogens (tertiary/aromatic N) is 1. The average molecular weight is 565 g/mol. The fourth-order valence-electron chi connectivity index (χ4n) is 4.93. The van der Waals surface area contributed by atoms with Gasteiger partial charge in [0, 0.05) is 41.5 Å². The maximum absolute atomic E-state index is 13.1. The molecule has 5 rings (SSSR count). The van der Waals surface area contributed by atoms with Crippen LogP contribution in [0, 0.1) is 0 Å². The number of carbonyl (C=O) groups is 2. The second kappa shape index (κ2) is 13.3. The standard InChI is InChI=1S/C34H33ClN4O2/c1-2-31(40)39(22-21-36-20-19-24-9-5-3-6-10-24)28-16-14-27(15-17-28)37-33(25-11-7-4-8-12-25)32-29-18-13-26(35)23-30(29)38-34(32)41/h3-18,23,36-37H,2,19-22H2,1H3,(H,38,41). The first-order valence-corrected chi connectivity index (χ1v) is 14.2. The van der Waals surface area contributed by atoms with Gasteiger partial charge in [-0.15, -0.1) is 0 Å². The lowest BCUT2D eigenvalue weighted by Gasteiger charge is -2.23. The smallest absolute Gasteiger partial charge is 0.258 e. The van der Waals surface area contributed by atoms with Gasteiger partial charge in [0.25, 0.3) is 5.91 Å². The van der Waals surface area contributed by atoms with Crippen LogP contribution in [0.1, 0.15) is 30.0 Å². The Morgan fingerprint density at radius 1 is 0.878 bits per heavy atom. The molecule has 208 valence electrons. The molecule has 1 heterocycles. The first-order chi connectivity index (χ1) is 20.0. The Kier molecular flexibility index (Phi) is 9.14. The van der Waals surface area contributed by atoms with Crippen LogP contribution >= 0.6 is 11.6 Å². The number of carbonyl (C=O) groups excluding carboxylic acids is 2. The highest BCUT2D eigenvalue weighted by Crippen LogP contribution is 2.38. The van der Waals surface area contributed by atoms with Crippen LogP contribution in [0.15, 0.2) is 103 Å². The molecule has 6 nitrogen and oxygen atoms in total. The Labute approximate surface area is 246 Å². The van der Waals surface area contributed by atoms with E-state index in [2.05, 4.69) is 28.1 Å². The van der Waals surface area contributed by atoms with E-state index in [1.807, 2.05) is 90.7 Å². The van der Waals surface area contributed by atoms with Gasteiger partial charge in [0.1, 0.15) is 0 Å². The van der Waals surface area contributed by atoms with Crippen molar-refractivity contribution in [1.82, 2.24) is 5.32 Å². The normalized spacial score (nSPS) is 13.4. The minimum absolute atomic E-state index is 0.0700. The predicted octanol–water partition coefficient (Wildman–Crippen LogP) is 6.85. The lowest BCUT2D eigenvalue weighted by atomic mass is 10.00. The van der Waals surface area contributed by atoms with Crippen LogP contribution in [-0.4, -0.2) is 31.4 Å². The van der Waals surface area contributed by atoms with Crippen LogP contribution in [0.2, 0.25) is 5.02 Å². The number of anilines is 3. The van der Waals surface area contributed by atoms with E-state index in [1.54, 1.807) is 12.1 Å². The third kappa shape index (κ3) is 6.85. The molecule has 0 bridgehead atoms. The van der Waals surface area contributed by atoms with Crippen molar-refractivity contribution >= 4 is 51.7 Å². The number of rotatable bonds is 11. The van der Waals surface area contributed by atoms with E-state index in [9.17, 15) is 9.59 Å². The topological polar surface area (TPSA) is 73.5 Å². The van der Waals surface area contributed by atoms with Crippen molar-refractivity contribution in [1.29, 1.82) is 0 Å². The summed E-state index contributed by atoms with van der Waals surface area (Å²) in [6, 6.07) is 33.3. The molecule has 4 aromatic rings. The van der Waals surface area contributed by atoms with Crippen molar-refractivity contribution in [2.45, 2.75) is 19.8 Å². The zero-order valence-electron chi connectivity index (χ0n) is 23.0. The van der Waals surface area contributed by atoms with Gasteiger partial charge in [-0.1, -0.05) is 85.3 Å². The van der Waals surface area contributed by atoms with Gasteiger partial charge in [0.2, 0.25) is 5.91 Å². The maximum atomic E-state index is 13.1.